The van der Waals surface area contributed by atoms with Crippen molar-refractivity contribution in [2.45, 2.75) is 39.2 Å². The van der Waals surface area contributed by atoms with Crippen molar-refractivity contribution in [3.63, 3.8) is 0 Å². The Labute approximate surface area is 155 Å². The lowest BCUT2D eigenvalue weighted by Crippen LogP contribution is -2.24. The summed E-state index contributed by atoms with van der Waals surface area (Å²) in [6, 6.07) is 3.41. The van der Waals surface area contributed by atoms with Crippen molar-refractivity contribution >= 4 is 22.8 Å². The highest BCUT2D eigenvalue weighted by atomic mass is 19.1. The molecule has 4 rings (SSSR count). The van der Waals surface area contributed by atoms with Gasteiger partial charge in [0.2, 0.25) is 5.95 Å². The van der Waals surface area contributed by atoms with E-state index < -0.39 is 11.6 Å². The first-order chi connectivity index (χ1) is 12.7. The second-order valence-electron chi connectivity index (χ2n) is 8.01. The van der Waals surface area contributed by atoms with Crippen LogP contribution in [-0.4, -0.2) is 26.3 Å². The van der Waals surface area contributed by atoms with Gasteiger partial charge in [-0.05, 0) is 51.7 Å². The summed E-state index contributed by atoms with van der Waals surface area (Å²) in [5.41, 5.74) is 6.80. The number of nitrogens with zero attached hydrogens (tertiary/aromatic N) is 4. The van der Waals surface area contributed by atoms with Gasteiger partial charge in [-0.3, -0.25) is 0 Å². The van der Waals surface area contributed by atoms with Crippen LogP contribution < -0.4 is 11.1 Å². The van der Waals surface area contributed by atoms with Crippen LogP contribution in [0, 0.1) is 17.6 Å². The minimum absolute atomic E-state index is 0.165. The third kappa shape index (κ3) is 3.31. The predicted molar refractivity (Wildman–Crippen MR) is 101 cm³/mol. The molecule has 0 saturated heterocycles. The summed E-state index contributed by atoms with van der Waals surface area (Å²) in [7, 11) is 0. The highest BCUT2D eigenvalue weighted by Gasteiger charge is 2.26. The predicted octanol–water partition coefficient (Wildman–Crippen LogP) is 3.93. The number of rotatable bonds is 4. The summed E-state index contributed by atoms with van der Waals surface area (Å²) < 4.78 is 29.5. The van der Waals surface area contributed by atoms with E-state index >= 15 is 0 Å². The fourth-order valence-corrected chi connectivity index (χ4v) is 3.04. The standard InChI is InChI=1S/C19H22F2N6/c1-19(2,3)27-16(22)14-15(12-7-6-11(20)8-13(12)21)24-18(25-17(14)26-27)23-9-10-4-5-10/h6-8,10H,4-5,9,22H2,1-3H3,(H,23,25,26). The maximum Gasteiger partial charge on any atom is 0.225 e. The second kappa shape index (κ2) is 6.14. The van der Waals surface area contributed by atoms with Crippen molar-refractivity contribution in [2.24, 2.45) is 5.92 Å². The van der Waals surface area contributed by atoms with Crippen LogP contribution in [0.5, 0.6) is 0 Å². The van der Waals surface area contributed by atoms with Gasteiger partial charge in [-0.25, -0.2) is 18.4 Å². The number of benzene rings is 1. The Morgan fingerprint density at radius 3 is 2.59 bits per heavy atom. The summed E-state index contributed by atoms with van der Waals surface area (Å²) in [6.07, 6.45) is 2.36. The maximum atomic E-state index is 14.5. The Kier molecular flexibility index (Phi) is 4.01. The molecule has 27 heavy (non-hydrogen) atoms. The molecule has 142 valence electrons. The van der Waals surface area contributed by atoms with Gasteiger partial charge in [-0.2, -0.15) is 4.98 Å². The molecule has 1 aliphatic carbocycles. The Balaban J connectivity index is 1.93. The zero-order chi connectivity index (χ0) is 19.3. The number of fused-ring (bicyclic) bond motifs is 1. The highest BCUT2D eigenvalue weighted by molar-refractivity contribution is 5.99. The molecule has 1 saturated carbocycles. The lowest BCUT2D eigenvalue weighted by atomic mass is 10.1. The minimum atomic E-state index is -0.703. The van der Waals surface area contributed by atoms with Crippen molar-refractivity contribution < 1.29 is 8.78 Å². The minimum Gasteiger partial charge on any atom is -0.383 e. The topological polar surface area (TPSA) is 81.7 Å². The van der Waals surface area contributed by atoms with E-state index in [1.807, 2.05) is 20.8 Å². The molecule has 2 aromatic heterocycles. The number of nitrogens with one attached hydrogen (secondary N) is 1. The van der Waals surface area contributed by atoms with E-state index in [4.69, 9.17) is 5.73 Å². The summed E-state index contributed by atoms with van der Waals surface area (Å²) in [4.78, 5) is 8.97. The number of nitrogen functional groups attached to an aromatic ring is 1. The summed E-state index contributed by atoms with van der Waals surface area (Å²) in [6.45, 7) is 6.65. The Bertz CT molecular complexity index is 1020. The first-order valence-corrected chi connectivity index (χ1v) is 9.00. The molecule has 0 radical (unpaired) electrons. The summed E-state index contributed by atoms with van der Waals surface area (Å²) in [5.74, 6) is -0.0119. The Morgan fingerprint density at radius 2 is 1.96 bits per heavy atom. The molecule has 2 heterocycles. The molecule has 1 aliphatic rings. The molecule has 6 nitrogen and oxygen atoms in total. The first kappa shape index (κ1) is 17.6. The van der Waals surface area contributed by atoms with Crippen LogP contribution in [-0.2, 0) is 5.54 Å². The van der Waals surface area contributed by atoms with E-state index in [2.05, 4.69) is 20.4 Å². The molecule has 0 unspecified atom stereocenters. The van der Waals surface area contributed by atoms with Gasteiger partial charge in [-0.15, -0.1) is 5.10 Å². The van der Waals surface area contributed by atoms with E-state index in [0.717, 1.165) is 12.6 Å². The van der Waals surface area contributed by atoms with E-state index in [1.54, 1.807) is 4.68 Å². The lowest BCUT2D eigenvalue weighted by Gasteiger charge is -2.20. The van der Waals surface area contributed by atoms with Crippen LogP contribution in [0.3, 0.4) is 0 Å². The van der Waals surface area contributed by atoms with E-state index in [1.165, 1.54) is 25.0 Å². The molecule has 3 aromatic rings. The molecule has 0 atom stereocenters. The average Bonchev–Trinajstić information content (AvgIpc) is 3.34. The normalized spacial score (nSPS) is 14.7. The number of halogens is 2. The largest absolute Gasteiger partial charge is 0.383 e. The lowest BCUT2D eigenvalue weighted by molar-refractivity contribution is 0.364. The molecule has 1 fully saturated rings. The monoisotopic (exact) mass is 372 g/mol. The van der Waals surface area contributed by atoms with Crippen molar-refractivity contribution in [3.8, 4) is 11.3 Å². The van der Waals surface area contributed by atoms with Gasteiger partial charge < -0.3 is 11.1 Å². The Hall–Kier alpha value is -2.77. The van der Waals surface area contributed by atoms with Crippen LogP contribution in [0.4, 0.5) is 20.5 Å². The molecule has 0 spiro atoms. The van der Waals surface area contributed by atoms with Crippen LogP contribution in [0.25, 0.3) is 22.3 Å². The van der Waals surface area contributed by atoms with Gasteiger partial charge in [0.15, 0.2) is 5.65 Å². The zero-order valence-electron chi connectivity index (χ0n) is 15.6. The van der Waals surface area contributed by atoms with E-state index in [0.29, 0.717) is 34.4 Å². The molecule has 3 N–H and O–H groups in total. The first-order valence-electron chi connectivity index (χ1n) is 9.00. The van der Waals surface area contributed by atoms with Gasteiger partial charge in [0.1, 0.15) is 17.5 Å². The SMILES string of the molecule is CC(C)(C)n1nc2nc(NCC3CC3)nc(-c3ccc(F)cc3F)c2c1N. The fraction of sp³-hybridized carbons (Fsp3) is 0.421. The number of hydrogen-bond acceptors (Lipinski definition) is 5. The van der Waals surface area contributed by atoms with Gasteiger partial charge in [0.25, 0.3) is 0 Å². The second-order valence-corrected chi connectivity index (χ2v) is 8.01. The highest BCUT2D eigenvalue weighted by Crippen LogP contribution is 2.35. The summed E-state index contributed by atoms with van der Waals surface area (Å²) >= 11 is 0. The fourth-order valence-electron chi connectivity index (χ4n) is 3.04. The molecule has 0 bridgehead atoms. The quantitative estimate of drug-likeness (QED) is 0.725. The van der Waals surface area contributed by atoms with Crippen LogP contribution >= 0.6 is 0 Å². The van der Waals surface area contributed by atoms with Crippen molar-refractivity contribution in [1.82, 2.24) is 19.7 Å². The van der Waals surface area contributed by atoms with Crippen LogP contribution in [0.2, 0.25) is 0 Å². The Morgan fingerprint density at radius 1 is 1.22 bits per heavy atom. The van der Waals surface area contributed by atoms with Crippen LogP contribution in [0.15, 0.2) is 18.2 Å². The molecule has 1 aromatic carbocycles. The molecule has 8 heteroatoms. The third-order valence-corrected chi connectivity index (χ3v) is 4.64. The molecule has 0 aliphatic heterocycles. The van der Waals surface area contributed by atoms with Gasteiger partial charge in [0.05, 0.1) is 16.6 Å². The van der Waals surface area contributed by atoms with Crippen LogP contribution in [0.1, 0.15) is 33.6 Å². The molecular weight excluding hydrogens is 350 g/mol. The summed E-state index contributed by atoms with van der Waals surface area (Å²) in [5, 5.41) is 8.19. The number of hydrogen-bond donors (Lipinski definition) is 2. The van der Waals surface area contributed by atoms with Crippen molar-refractivity contribution in [3.05, 3.63) is 29.8 Å². The number of nitrogens with two attached hydrogens (primary N) is 1. The average molecular weight is 372 g/mol. The van der Waals surface area contributed by atoms with Gasteiger partial charge in [0, 0.05) is 18.2 Å². The molecular formula is C19H22F2N6. The van der Waals surface area contributed by atoms with Gasteiger partial charge in [-0.1, -0.05) is 0 Å². The smallest absolute Gasteiger partial charge is 0.225 e. The van der Waals surface area contributed by atoms with Gasteiger partial charge >= 0.3 is 0 Å². The molecule has 0 amide bonds. The third-order valence-electron chi connectivity index (χ3n) is 4.64. The number of anilines is 2. The van der Waals surface area contributed by atoms with Crippen molar-refractivity contribution in [2.75, 3.05) is 17.6 Å². The van der Waals surface area contributed by atoms with E-state index in [9.17, 15) is 8.78 Å². The zero-order valence-corrected chi connectivity index (χ0v) is 15.6. The van der Waals surface area contributed by atoms with Crippen molar-refractivity contribution in [1.29, 1.82) is 0 Å². The maximum absolute atomic E-state index is 14.5. The van der Waals surface area contributed by atoms with E-state index in [-0.39, 0.29) is 11.1 Å². The number of aromatic nitrogens is 4.